The van der Waals surface area contributed by atoms with Crippen LogP contribution in [-0.4, -0.2) is 24.9 Å². The number of nitrogens with zero attached hydrogens (tertiary/aromatic N) is 1. The fourth-order valence-electron chi connectivity index (χ4n) is 2.38. The number of aryl methyl sites for hydroxylation is 1. The monoisotopic (exact) mass is 269 g/mol. The van der Waals surface area contributed by atoms with Crippen molar-refractivity contribution in [2.24, 2.45) is 11.8 Å². The average molecular weight is 269 g/mol. The van der Waals surface area contributed by atoms with Gasteiger partial charge in [-0.2, -0.15) is 0 Å². The maximum absolute atomic E-state index is 11.4. The second-order valence-corrected chi connectivity index (χ2v) is 7.19. The predicted molar refractivity (Wildman–Crippen MR) is 70.4 cm³/mol. The summed E-state index contributed by atoms with van der Waals surface area (Å²) in [6, 6.07) is 3.89. The minimum Gasteiger partial charge on any atom is -0.271 e. The van der Waals surface area contributed by atoms with Gasteiger partial charge in [0, 0.05) is 17.9 Å². The fourth-order valence-corrected chi connectivity index (χ4v) is 4.26. The topological polar surface area (TPSA) is 85.1 Å². The lowest BCUT2D eigenvalue weighted by molar-refractivity contribution is 0.420. The van der Waals surface area contributed by atoms with Gasteiger partial charge in [0.1, 0.15) is 0 Å². The molecular weight excluding hydrogens is 250 g/mol. The summed E-state index contributed by atoms with van der Waals surface area (Å²) in [5.74, 6) is 6.34. The Labute approximate surface area is 108 Å². The summed E-state index contributed by atoms with van der Waals surface area (Å²) in [5.41, 5.74) is 4.72. The van der Waals surface area contributed by atoms with E-state index in [9.17, 15) is 8.42 Å². The van der Waals surface area contributed by atoms with Gasteiger partial charge in [-0.05, 0) is 37.3 Å². The third kappa shape index (κ3) is 3.28. The van der Waals surface area contributed by atoms with Crippen LogP contribution >= 0.6 is 0 Å². The van der Waals surface area contributed by atoms with Crippen molar-refractivity contribution in [3.05, 3.63) is 29.6 Å². The molecule has 2 unspecified atom stereocenters. The molecule has 1 aromatic rings. The van der Waals surface area contributed by atoms with Gasteiger partial charge in [0.25, 0.3) is 0 Å². The number of rotatable bonds is 4. The number of nitrogens with one attached hydrogen (secondary N) is 1. The number of nitrogens with two attached hydrogens (primary N) is 1. The summed E-state index contributed by atoms with van der Waals surface area (Å²) in [7, 11) is -2.82. The van der Waals surface area contributed by atoms with Crippen molar-refractivity contribution in [1.82, 2.24) is 10.4 Å². The number of hydrogen-bond acceptors (Lipinski definition) is 5. The van der Waals surface area contributed by atoms with Crippen molar-refractivity contribution in [2.75, 3.05) is 11.5 Å². The van der Waals surface area contributed by atoms with Crippen LogP contribution in [0.4, 0.5) is 0 Å². The highest BCUT2D eigenvalue weighted by Crippen LogP contribution is 2.28. The first-order valence-electron chi connectivity index (χ1n) is 6.09. The first-order chi connectivity index (χ1) is 8.50. The van der Waals surface area contributed by atoms with E-state index in [4.69, 9.17) is 5.84 Å². The molecule has 1 aliphatic rings. The van der Waals surface area contributed by atoms with Gasteiger partial charge in [0.15, 0.2) is 9.84 Å². The van der Waals surface area contributed by atoms with Crippen molar-refractivity contribution in [2.45, 2.75) is 25.8 Å². The van der Waals surface area contributed by atoms with Crippen LogP contribution in [0.3, 0.4) is 0 Å². The molecule has 0 amide bonds. The molecule has 0 aromatic carbocycles. The lowest BCUT2D eigenvalue weighted by atomic mass is 9.95. The molecule has 18 heavy (non-hydrogen) atoms. The highest BCUT2D eigenvalue weighted by atomic mass is 32.2. The van der Waals surface area contributed by atoms with E-state index in [1.165, 1.54) is 0 Å². The Balaban J connectivity index is 2.04. The Kier molecular flexibility index (Phi) is 3.99. The van der Waals surface area contributed by atoms with E-state index in [1.807, 2.05) is 19.1 Å². The molecule has 1 fully saturated rings. The normalized spacial score (nSPS) is 24.0. The van der Waals surface area contributed by atoms with Crippen LogP contribution in [-0.2, 0) is 9.84 Å². The van der Waals surface area contributed by atoms with E-state index in [0.717, 1.165) is 24.1 Å². The van der Waals surface area contributed by atoms with Crippen LogP contribution in [0.1, 0.15) is 30.1 Å². The molecule has 0 saturated carbocycles. The Morgan fingerprint density at radius 1 is 1.56 bits per heavy atom. The molecule has 0 bridgehead atoms. The van der Waals surface area contributed by atoms with Gasteiger partial charge in [-0.15, -0.1) is 0 Å². The second-order valence-electron chi connectivity index (χ2n) is 4.96. The Hall–Kier alpha value is -0.980. The number of pyridine rings is 1. The minimum atomic E-state index is -2.82. The SMILES string of the molecule is Cc1ccc(C(CC2CCS(=O)(=O)C2)NN)cn1. The first-order valence-corrected chi connectivity index (χ1v) is 7.91. The van der Waals surface area contributed by atoms with Crippen LogP contribution in [0.15, 0.2) is 18.3 Å². The molecule has 3 N–H and O–H groups in total. The van der Waals surface area contributed by atoms with Crippen molar-refractivity contribution in [3.63, 3.8) is 0 Å². The Bertz CT molecular complexity index is 499. The van der Waals surface area contributed by atoms with Crippen molar-refractivity contribution < 1.29 is 8.42 Å². The highest BCUT2D eigenvalue weighted by Gasteiger charge is 2.29. The van der Waals surface area contributed by atoms with Gasteiger partial charge >= 0.3 is 0 Å². The van der Waals surface area contributed by atoms with Crippen LogP contribution < -0.4 is 11.3 Å². The van der Waals surface area contributed by atoms with Gasteiger partial charge in [0.2, 0.25) is 0 Å². The lowest BCUT2D eigenvalue weighted by Crippen LogP contribution is -2.30. The van der Waals surface area contributed by atoms with Gasteiger partial charge in [-0.25, -0.2) is 8.42 Å². The lowest BCUT2D eigenvalue weighted by Gasteiger charge is -2.19. The van der Waals surface area contributed by atoms with Crippen molar-refractivity contribution in [3.8, 4) is 0 Å². The van der Waals surface area contributed by atoms with Crippen LogP contribution in [0.25, 0.3) is 0 Å². The third-order valence-corrected chi connectivity index (χ3v) is 5.27. The molecule has 5 nitrogen and oxygen atoms in total. The molecule has 1 saturated heterocycles. The molecule has 0 spiro atoms. The maximum Gasteiger partial charge on any atom is 0.150 e. The number of aromatic nitrogens is 1. The molecule has 1 aliphatic heterocycles. The van der Waals surface area contributed by atoms with Crippen LogP contribution in [0, 0.1) is 12.8 Å². The predicted octanol–water partition coefficient (Wildman–Crippen LogP) is 0.719. The molecule has 2 rings (SSSR count). The number of hydrazine groups is 1. The smallest absolute Gasteiger partial charge is 0.150 e. The van der Waals surface area contributed by atoms with Crippen LogP contribution in [0.2, 0.25) is 0 Å². The summed E-state index contributed by atoms with van der Waals surface area (Å²) in [5, 5.41) is 0. The standard InChI is InChI=1S/C12H19N3O2S/c1-9-2-3-11(7-14-9)12(15-13)6-10-4-5-18(16,17)8-10/h2-3,7,10,12,15H,4-6,8,13H2,1H3. The van der Waals surface area contributed by atoms with Crippen LogP contribution in [0.5, 0.6) is 0 Å². The zero-order valence-electron chi connectivity index (χ0n) is 10.5. The summed E-state index contributed by atoms with van der Waals surface area (Å²) >= 11 is 0. The van der Waals surface area contributed by atoms with E-state index in [-0.39, 0.29) is 17.7 Å². The largest absolute Gasteiger partial charge is 0.271 e. The quantitative estimate of drug-likeness (QED) is 0.621. The molecule has 0 aliphatic carbocycles. The maximum atomic E-state index is 11.4. The average Bonchev–Trinajstić information content (AvgIpc) is 2.67. The Morgan fingerprint density at radius 3 is 2.83 bits per heavy atom. The van der Waals surface area contributed by atoms with E-state index < -0.39 is 9.84 Å². The van der Waals surface area contributed by atoms with E-state index >= 15 is 0 Å². The molecule has 2 heterocycles. The number of hydrogen-bond donors (Lipinski definition) is 2. The third-order valence-electron chi connectivity index (χ3n) is 3.43. The van der Waals surface area contributed by atoms with Crippen molar-refractivity contribution >= 4 is 9.84 Å². The van der Waals surface area contributed by atoms with Gasteiger partial charge in [-0.3, -0.25) is 16.3 Å². The number of sulfone groups is 1. The molecular formula is C12H19N3O2S. The molecule has 0 radical (unpaired) electrons. The van der Waals surface area contributed by atoms with Gasteiger partial charge < -0.3 is 0 Å². The minimum absolute atomic E-state index is 0.0311. The van der Waals surface area contributed by atoms with Gasteiger partial charge in [0.05, 0.1) is 11.5 Å². The van der Waals surface area contributed by atoms with Gasteiger partial charge in [-0.1, -0.05) is 6.07 Å². The Morgan fingerprint density at radius 2 is 2.33 bits per heavy atom. The summed E-state index contributed by atoms with van der Waals surface area (Å²) in [6.07, 6.45) is 3.27. The summed E-state index contributed by atoms with van der Waals surface area (Å²) < 4.78 is 22.9. The molecule has 2 atom stereocenters. The molecule has 6 heteroatoms. The second kappa shape index (κ2) is 5.34. The fraction of sp³-hybridized carbons (Fsp3) is 0.583. The summed E-state index contributed by atoms with van der Waals surface area (Å²) in [4.78, 5) is 4.24. The highest BCUT2D eigenvalue weighted by molar-refractivity contribution is 7.91. The van der Waals surface area contributed by atoms with E-state index in [1.54, 1.807) is 6.20 Å². The zero-order chi connectivity index (χ0) is 13.2. The van der Waals surface area contributed by atoms with E-state index in [2.05, 4.69) is 10.4 Å². The zero-order valence-corrected chi connectivity index (χ0v) is 11.3. The summed E-state index contributed by atoms with van der Waals surface area (Å²) in [6.45, 7) is 1.93. The van der Waals surface area contributed by atoms with E-state index in [0.29, 0.717) is 5.75 Å². The molecule has 100 valence electrons. The first kappa shape index (κ1) is 13.5. The molecule has 1 aromatic heterocycles. The van der Waals surface area contributed by atoms with Crippen molar-refractivity contribution in [1.29, 1.82) is 0 Å².